The molecule has 0 radical (unpaired) electrons. The molecule has 3 amide bonds. The van der Waals surface area contributed by atoms with Crippen molar-refractivity contribution < 1.29 is 36.3 Å². The fraction of sp³-hybridized carbons (Fsp3) is 0.312. The summed E-state index contributed by atoms with van der Waals surface area (Å²) in [5.74, 6) is -2.14. The van der Waals surface area contributed by atoms with Crippen LogP contribution in [0, 0.1) is 5.82 Å². The Kier molecular flexibility index (Phi) is 8.77. The Labute approximate surface area is 261 Å². The van der Waals surface area contributed by atoms with Crippen LogP contribution >= 0.6 is 0 Å². The van der Waals surface area contributed by atoms with Crippen molar-refractivity contribution in [1.29, 1.82) is 0 Å². The van der Waals surface area contributed by atoms with Gasteiger partial charge in [-0.2, -0.15) is 18.2 Å². The minimum absolute atomic E-state index is 0.0727. The molecule has 2 saturated heterocycles. The first-order chi connectivity index (χ1) is 22.1. The van der Waals surface area contributed by atoms with Crippen molar-refractivity contribution in [2.45, 2.75) is 37.5 Å². The minimum atomic E-state index is -4.91. The Morgan fingerprint density at radius 3 is 2.35 bits per heavy atom. The quantitative estimate of drug-likeness (QED) is 0.221. The second-order valence-electron chi connectivity index (χ2n) is 11.1. The molecule has 2 N–H and O–H groups in total. The number of hydrogen-bond acceptors (Lipinski definition) is 7. The molecule has 1 atom stereocenters. The van der Waals surface area contributed by atoms with Crippen LogP contribution in [0.15, 0.2) is 77.3 Å². The van der Waals surface area contributed by atoms with E-state index in [0.29, 0.717) is 38.9 Å². The number of nitrogens with one attached hydrogen (secondary N) is 2. The van der Waals surface area contributed by atoms with Gasteiger partial charge in [0.25, 0.3) is 11.9 Å². The zero-order valence-corrected chi connectivity index (χ0v) is 24.5. The number of nitrogens with zero attached hydrogens (tertiary/aromatic N) is 4. The van der Waals surface area contributed by atoms with Crippen LogP contribution in [-0.4, -0.2) is 59.1 Å². The molecule has 0 spiro atoms. The van der Waals surface area contributed by atoms with Gasteiger partial charge in [0.1, 0.15) is 11.9 Å². The molecule has 6 rings (SSSR count). The van der Waals surface area contributed by atoms with E-state index in [4.69, 9.17) is 9.15 Å². The van der Waals surface area contributed by atoms with Crippen LogP contribution in [0.2, 0.25) is 0 Å². The Morgan fingerprint density at radius 2 is 1.65 bits per heavy atom. The van der Waals surface area contributed by atoms with Gasteiger partial charge in [0.15, 0.2) is 5.69 Å². The Hall–Kier alpha value is -5.14. The number of hydrogen-bond donors (Lipinski definition) is 2. The number of carbonyl (C=O) groups is 2. The smallest absolute Gasteiger partial charge is 0.437 e. The van der Waals surface area contributed by atoms with Gasteiger partial charge in [-0.05, 0) is 42.5 Å². The third-order valence-corrected chi connectivity index (χ3v) is 7.96. The molecule has 240 valence electrons. The number of anilines is 3. The number of piperidine rings is 1. The maximum absolute atomic E-state index is 13.9. The lowest BCUT2D eigenvalue weighted by Gasteiger charge is -2.31. The lowest BCUT2D eigenvalue weighted by molar-refractivity contribution is -0.141. The normalized spacial score (nSPS) is 17.2. The molecule has 4 aromatic rings. The van der Waals surface area contributed by atoms with E-state index in [2.05, 4.69) is 20.6 Å². The molecule has 14 heteroatoms. The molecule has 0 aliphatic carbocycles. The number of urea groups is 1. The zero-order chi connectivity index (χ0) is 32.3. The van der Waals surface area contributed by atoms with Crippen molar-refractivity contribution in [1.82, 2.24) is 14.9 Å². The Balaban J connectivity index is 1.05. The third kappa shape index (κ3) is 7.05. The number of para-hydroxylation sites is 1. The number of ether oxygens (including phenoxy) is 1. The first-order valence-corrected chi connectivity index (χ1v) is 14.8. The molecule has 2 aliphatic heterocycles. The summed E-state index contributed by atoms with van der Waals surface area (Å²) in [7, 11) is 0. The van der Waals surface area contributed by atoms with Crippen molar-refractivity contribution in [3.05, 3.63) is 95.8 Å². The average molecular weight is 639 g/mol. The number of oxazole rings is 1. The van der Waals surface area contributed by atoms with Crippen LogP contribution in [0.3, 0.4) is 0 Å². The molecule has 2 aromatic heterocycles. The van der Waals surface area contributed by atoms with Crippen molar-refractivity contribution in [3.63, 3.8) is 0 Å². The summed E-state index contributed by atoms with van der Waals surface area (Å²) in [4.78, 5) is 36.4. The molecule has 0 unspecified atom stereocenters. The number of amides is 3. The highest BCUT2D eigenvalue weighted by Crippen LogP contribution is 2.36. The highest BCUT2D eigenvalue weighted by molar-refractivity contribution is 6.03. The predicted molar refractivity (Wildman–Crippen MR) is 160 cm³/mol. The van der Waals surface area contributed by atoms with E-state index >= 15 is 0 Å². The van der Waals surface area contributed by atoms with E-state index in [9.17, 15) is 27.2 Å². The molecular formula is C32H30F4N6O4. The van der Waals surface area contributed by atoms with E-state index in [1.165, 1.54) is 47.0 Å². The third-order valence-electron chi connectivity index (χ3n) is 7.96. The SMILES string of the molecule is O=C(Nc1ccc(O[C@H]2CCN(C(=O)Nc3ccccc3F)C2)nc1)c1oc(N2CCC(c3ccccc3)CC2)nc1C(F)(F)F. The zero-order valence-electron chi connectivity index (χ0n) is 24.5. The number of rotatable bonds is 7. The van der Waals surface area contributed by atoms with Crippen LogP contribution in [-0.2, 0) is 6.18 Å². The topological polar surface area (TPSA) is 113 Å². The Morgan fingerprint density at radius 1 is 0.913 bits per heavy atom. The summed E-state index contributed by atoms with van der Waals surface area (Å²) in [5, 5.41) is 4.92. The van der Waals surface area contributed by atoms with Crippen LogP contribution in [0.4, 0.5) is 39.7 Å². The summed E-state index contributed by atoms with van der Waals surface area (Å²) in [5.41, 5.74) is -0.0409. The fourth-order valence-corrected chi connectivity index (χ4v) is 5.57. The molecule has 46 heavy (non-hydrogen) atoms. The lowest BCUT2D eigenvalue weighted by atomic mass is 9.90. The highest BCUT2D eigenvalue weighted by Gasteiger charge is 2.42. The summed E-state index contributed by atoms with van der Waals surface area (Å²) in [6, 6.07) is 17.9. The van der Waals surface area contributed by atoms with Crippen molar-refractivity contribution in [2.24, 2.45) is 0 Å². The van der Waals surface area contributed by atoms with Gasteiger partial charge in [-0.25, -0.2) is 14.2 Å². The van der Waals surface area contributed by atoms with Crippen molar-refractivity contribution in [3.8, 4) is 5.88 Å². The minimum Gasteiger partial charge on any atom is -0.472 e. The van der Waals surface area contributed by atoms with Crippen LogP contribution in [0.25, 0.3) is 0 Å². The standard InChI is InChI=1S/C32H30F4N6O4/c33-24-8-4-5-9-25(24)39-30(44)42-17-14-23(19-42)45-26-11-10-22(18-37-26)38-29(43)27-28(32(34,35)36)40-31(46-27)41-15-12-21(13-16-41)20-6-2-1-3-7-20/h1-11,18,21,23H,12-17,19H2,(H,38,43)(H,39,44)/t23-/m0/s1. The van der Waals surface area contributed by atoms with Gasteiger partial charge in [0, 0.05) is 32.1 Å². The second-order valence-corrected chi connectivity index (χ2v) is 11.1. The van der Waals surface area contributed by atoms with Gasteiger partial charge in [0.05, 0.1) is 24.1 Å². The van der Waals surface area contributed by atoms with Gasteiger partial charge >= 0.3 is 12.2 Å². The number of alkyl halides is 3. The van der Waals surface area contributed by atoms with E-state index in [-0.39, 0.29) is 41.8 Å². The number of pyridine rings is 1. The van der Waals surface area contributed by atoms with Crippen LogP contribution < -0.4 is 20.3 Å². The maximum atomic E-state index is 13.9. The van der Waals surface area contributed by atoms with E-state index < -0.39 is 35.4 Å². The molecule has 2 fully saturated rings. The number of benzene rings is 2. The first-order valence-electron chi connectivity index (χ1n) is 14.8. The maximum Gasteiger partial charge on any atom is 0.437 e. The largest absolute Gasteiger partial charge is 0.472 e. The molecule has 10 nitrogen and oxygen atoms in total. The number of carbonyl (C=O) groups excluding carboxylic acids is 2. The summed E-state index contributed by atoms with van der Waals surface area (Å²) in [6.07, 6.45) is -2.15. The number of halogens is 4. The predicted octanol–water partition coefficient (Wildman–Crippen LogP) is 6.55. The second kappa shape index (κ2) is 13.1. The number of likely N-dealkylation sites (tertiary alicyclic amines) is 1. The van der Waals surface area contributed by atoms with E-state index in [0.717, 1.165) is 0 Å². The van der Waals surface area contributed by atoms with Gasteiger partial charge in [-0.15, -0.1) is 0 Å². The van der Waals surface area contributed by atoms with Crippen LogP contribution in [0.1, 0.15) is 47.0 Å². The van der Waals surface area contributed by atoms with Gasteiger partial charge in [-0.3, -0.25) is 4.79 Å². The molecule has 2 aliphatic rings. The van der Waals surface area contributed by atoms with Gasteiger partial charge in [-0.1, -0.05) is 42.5 Å². The summed E-state index contributed by atoms with van der Waals surface area (Å²) < 4.78 is 66.7. The van der Waals surface area contributed by atoms with Crippen LogP contribution in [0.5, 0.6) is 5.88 Å². The fourth-order valence-electron chi connectivity index (χ4n) is 5.57. The first kappa shape index (κ1) is 30.9. The van der Waals surface area contributed by atoms with E-state index in [1.54, 1.807) is 11.0 Å². The Bertz CT molecular complexity index is 1670. The van der Waals surface area contributed by atoms with Gasteiger partial charge in [0.2, 0.25) is 11.6 Å². The van der Waals surface area contributed by atoms with Crippen molar-refractivity contribution in [2.75, 3.05) is 41.7 Å². The molecular weight excluding hydrogens is 608 g/mol. The molecule has 0 saturated carbocycles. The molecule has 0 bridgehead atoms. The van der Waals surface area contributed by atoms with Crippen molar-refractivity contribution >= 4 is 29.3 Å². The molecule has 2 aromatic carbocycles. The number of aromatic nitrogens is 2. The monoisotopic (exact) mass is 638 g/mol. The molecule has 4 heterocycles. The lowest BCUT2D eigenvalue weighted by Crippen LogP contribution is -2.34. The van der Waals surface area contributed by atoms with Gasteiger partial charge < -0.3 is 29.6 Å². The van der Waals surface area contributed by atoms with E-state index in [1.807, 2.05) is 30.3 Å². The average Bonchev–Trinajstić information content (AvgIpc) is 3.72. The highest BCUT2D eigenvalue weighted by atomic mass is 19.4. The summed E-state index contributed by atoms with van der Waals surface area (Å²) in [6.45, 7) is 1.47. The summed E-state index contributed by atoms with van der Waals surface area (Å²) >= 11 is 0.